The van der Waals surface area contributed by atoms with Gasteiger partial charge in [0.15, 0.2) is 0 Å². The zero-order chi connectivity index (χ0) is 15.0. The first-order valence-electron chi connectivity index (χ1n) is 7.06. The van der Waals surface area contributed by atoms with E-state index >= 15 is 0 Å². The van der Waals surface area contributed by atoms with E-state index in [9.17, 15) is 0 Å². The van der Waals surface area contributed by atoms with Crippen LogP contribution in [0.5, 0.6) is 0 Å². The lowest BCUT2D eigenvalue weighted by molar-refractivity contribution is 0.414. The Bertz CT molecular complexity index is 775. The summed E-state index contributed by atoms with van der Waals surface area (Å²) in [6, 6.07) is 6.28. The molecule has 5 heteroatoms. The summed E-state index contributed by atoms with van der Waals surface area (Å²) in [5.41, 5.74) is 3.28. The molecule has 1 aromatic carbocycles. The summed E-state index contributed by atoms with van der Waals surface area (Å²) < 4.78 is 7.85. The Morgan fingerprint density at radius 2 is 2.14 bits per heavy atom. The van der Waals surface area contributed by atoms with Gasteiger partial charge < -0.3 is 8.98 Å². The highest BCUT2D eigenvalue weighted by Crippen LogP contribution is 2.27. The molecule has 21 heavy (non-hydrogen) atoms. The first-order valence-corrected chi connectivity index (χ1v) is 7.59. The molecular weight excluding hydrogens is 286 g/mol. The number of rotatable bonds is 4. The average molecular weight is 304 g/mol. The second-order valence-corrected chi connectivity index (χ2v) is 5.69. The van der Waals surface area contributed by atoms with Crippen molar-refractivity contribution in [3.63, 3.8) is 0 Å². The second-order valence-electron chi connectivity index (χ2n) is 5.31. The van der Waals surface area contributed by atoms with Gasteiger partial charge in [0, 0.05) is 12.3 Å². The van der Waals surface area contributed by atoms with Gasteiger partial charge in [-0.15, -0.1) is 11.6 Å². The Morgan fingerprint density at radius 3 is 2.81 bits per heavy atom. The monoisotopic (exact) mass is 303 g/mol. The zero-order valence-electron chi connectivity index (χ0n) is 12.4. The Morgan fingerprint density at radius 1 is 1.33 bits per heavy atom. The van der Waals surface area contributed by atoms with E-state index < -0.39 is 0 Å². The van der Waals surface area contributed by atoms with Crippen LogP contribution in [0.3, 0.4) is 0 Å². The maximum atomic E-state index is 5.93. The van der Waals surface area contributed by atoms with Crippen LogP contribution in [0.15, 0.2) is 28.8 Å². The number of hydrogen-bond donors (Lipinski definition) is 0. The minimum atomic E-state index is -0.00961. The fourth-order valence-electron chi connectivity index (χ4n) is 2.63. The Kier molecular flexibility index (Phi) is 3.72. The number of oxazole rings is 1. The number of aryl methyl sites for hydroxylation is 3. The predicted molar refractivity (Wildman–Crippen MR) is 83.9 cm³/mol. The summed E-state index contributed by atoms with van der Waals surface area (Å²) in [4.78, 5) is 9.07. The van der Waals surface area contributed by atoms with E-state index in [0.717, 1.165) is 29.0 Å². The van der Waals surface area contributed by atoms with Gasteiger partial charge in [0.25, 0.3) is 0 Å². The molecule has 3 rings (SSSR count). The number of hydrogen-bond acceptors (Lipinski definition) is 3. The Hall–Kier alpha value is -1.81. The molecule has 2 aromatic heterocycles. The first-order chi connectivity index (χ1) is 10.1. The molecule has 0 saturated carbocycles. The van der Waals surface area contributed by atoms with Crippen molar-refractivity contribution >= 4 is 22.6 Å². The molecule has 0 spiro atoms. The van der Waals surface area contributed by atoms with Crippen LogP contribution in [0.25, 0.3) is 11.0 Å². The molecule has 0 amide bonds. The van der Waals surface area contributed by atoms with Crippen molar-refractivity contribution in [2.45, 2.75) is 33.2 Å². The maximum absolute atomic E-state index is 5.93. The zero-order valence-corrected chi connectivity index (χ0v) is 13.2. The number of aromatic nitrogens is 3. The van der Waals surface area contributed by atoms with Crippen LogP contribution >= 0.6 is 11.6 Å². The quantitative estimate of drug-likeness (QED) is 0.683. The minimum absolute atomic E-state index is 0.00961. The molecule has 3 aromatic rings. The van der Waals surface area contributed by atoms with Crippen molar-refractivity contribution in [3.05, 3.63) is 47.4 Å². The molecule has 0 aliphatic heterocycles. The normalized spacial score (nSPS) is 13.0. The van der Waals surface area contributed by atoms with E-state index in [4.69, 9.17) is 21.0 Å². The topological polar surface area (TPSA) is 43.9 Å². The van der Waals surface area contributed by atoms with Crippen LogP contribution < -0.4 is 0 Å². The van der Waals surface area contributed by atoms with Crippen molar-refractivity contribution < 1.29 is 4.42 Å². The molecule has 1 atom stereocenters. The van der Waals surface area contributed by atoms with Gasteiger partial charge in [-0.1, -0.05) is 6.07 Å². The van der Waals surface area contributed by atoms with Gasteiger partial charge in [0.1, 0.15) is 17.6 Å². The predicted octanol–water partition coefficient (Wildman–Crippen LogP) is 4.03. The Labute approximate surface area is 128 Å². The van der Waals surface area contributed by atoms with Gasteiger partial charge in [-0.25, -0.2) is 9.97 Å². The summed E-state index contributed by atoms with van der Waals surface area (Å²) >= 11 is 5.93. The molecule has 0 saturated heterocycles. The van der Waals surface area contributed by atoms with Crippen LogP contribution in [0.2, 0.25) is 0 Å². The van der Waals surface area contributed by atoms with E-state index in [1.807, 2.05) is 6.92 Å². The summed E-state index contributed by atoms with van der Waals surface area (Å²) in [5.74, 6) is 3.02. The number of alkyl halides is 1. The van der Waals surface area contributed by atoms with E-state index in [-0.39, 0.29) is 6.04 Å². The molecule has 0 aliphatic rings. The molecule has 2 heterocycles. The smallest absolute Gasteiger partial charge is 0.217 e. The first kappa shape index (κ1) is 14.1. The van der Waals surface area contributed by atoms with Crippen LogP contribution in [0.4, 0.5) is 0 Å². The highest BCUT2D eigenvalue weighted by Gasteiger charge is 2.20. The lowest BCUT2D eigenvalue weighted by Crippen LogP contribution is -2.11. The fourth-order valence-corrected chi connectivity index (χ4v) is 2.80. The average Bonchev–Trinajstić information content (AvgIpc) is 3.01. The third-order valence-corrected chi connectivity index (χ3v) is 3.81. The van der Waals surface area contributed by atoms with E-state index in [0.29, 0.717) is 11.8 Å². The number of benzene rings is 1. The molecule has 4 nitrogen and oxygen atoms in total. The lowest BCUT2D eigenvalue weighted by Gasteiger charge is -2.14. The van der Waals surface area contributed by atoms with Crippen LogP contribution in [0.1, 0.15) is 36.0 Å². The van der Waals surface area contributed by atoms with Crippen LogP contribution in [-0.2, 0) is 6.42 Å². The van der Waals surface area contributed by atoms with Crippen molar-refractivity contribution in [1.29, 1.82) is 0 Å². The molecule has 0 radical (unpaired) electrons. The highest BCUT2D eigenvalue weighted by molar-refractivity contribution is 6.17. The summed E-state index contributed by atoms with van der Waals surface area (Å²) in [5, 5.41) is 0. The van der Waals surface area contributed by atoms with Crippen molar-refractivity contribution in [3.8, 4) is 0 Å². The summed E-state index contributed by atoms with van der Waals surface area (Å²) in [6.07, 6.45) is 2.47. The SMILES string of the molecule is Cc1ccc2c(c1)nc(CCCl)n2C(C)c1ncc(C)o1. The molecular formula is C16H18ClN3O. The van der Waals surface area contributed by atoms with Gasteiger partial charge in [0.2, 0.25) is 5.89 Å². The third-order valence-electron chi connectivity index (χ3n) is 3.62. The van der Waals surface area contributed by atoms with Gasteiger partial charge >= 0.3 is 0 Å². The molecule has 110 valence electrons. The third kappa shape index (κ3) is 2.56. The summed E-state index contributed by atoms with van der Waals surface area (Å²) in [7, 11) is 0. The number of imidazole rings is 1. The lowest BCUT2D eigenvalue weighted by atomic mass is 10.2. The number of halogens is 1. The molecule has 0 bridgehead atoms. The number of nitrogens with zero attached hydrogens (tertiary/aromatic N) is 3. The van der Waals surface area contributed by atoms with Gasteiger partial charge in [-0.2, -0.15) is 0 Å². The van der Waals surface area contributed by atoms with Crippen molar-refractivity contribution in [2.75, 3.05) is 5.88 Å². The van der Waals surface area contributed by atoms with Crippen molar-refractivity contribution in [1.82, 2.24) is 14.5 Å². The van der Waals surface area contributed by atoms with Gasteiger partial charge in [0.05, 0.1) is 17.2 Å². The highest BCUT2D eigenvalue weighted by atomic mass is 35.5. The molecule has 1 unspecified atom stereocenters. The van der Waals surface area contributed by atoms with E-state index in [1.54, 1.807) is 6.20 Å². The van der Waals surface area contributed by atoms with Gasteiger partial charge in [-0.3, -0.25) is 0 Å². The molecule has 0 N–H and O–H groups in total. The minimum Gasteiger partial charge on any atom is -0.444 e. The maximum Gasteiger partial charge on any atom is 0.217 e. The van der Waals surface area contributed by atoms with E-state index in [1.165, 1.54) is 5.56 Å². The van der Waals surface area contributed by atoms with Crippen LogP contribution in [-0.4, -0.2) is 20.4 Å². The van der Waals surface area contributed by atoms with E-state index in [2.05, 4.69) is 41.6 Å². The summed E-state index contributed by atoms with van der Waals surface area (Å²) in [6.45, 7) is 6.04. The number of fused-ring (bicyclic) bond motifs is 1. The van der Waals surface area contributed by atoms with Crippen molar-refractivity contribution in [2.24, 2.45) is 0 Å². The van der Waals surface area contributed by atoms with Gasteiger partial charge in [-0.05, 0) is 38.5 Å². The standard InChI is InChI=1S/C16H18ClN3O/c1-10-4-5-14-13(8-10)19-15(6-7-17)20(14)12(3)16-18-9-11(2)21-16/h4-5,8-9,12H,6-7H2,1-3H3. The second kappa shape index (κ2) is 5.53. The Balaban J connectivity index is 2.16. The molecule has 0 fully saturated rings. The van der Waals surface area contributed by atoms with Crippen LogP contribution in [0, 0.1) is 13.8 Å². The largest absolute Gasteiger partial charge is 0.444 e. The molecule has 0 aliphatic carbocycles. The fraction of sp³-hybridized carbons (Fsp3) is 0.375.